The number of nitrogens with two attached hydrogens (primary N) is 1. The number of ketones is 1. The van der Waals surface area contributed by atoms with Crippen LogP contribution in [-0.4, -0.2) is 11.8 Å². The molecule has 0 bridgehead atoms. The summed E-state index contributed by atoms with van der Waals surface area (Å²) >= 11 is 3.24. The number of rotatable bonds is 6. The molecule has 0 saturated carbocycles. The Bertz CT molecular complexity index is 395. The second-order valence-electron chi connectivity index (χ2n) is 4.13. The number of halogens is 2. The standard InChI is InChI=1S/C13H17BrFNO/c1-2-3-4-12(16)13(17)7-9-5-6-10(15)8-11(9)14/h5-6,8,12H,2-4,7,16H2,1H3. The molecule has 17 heavy (non-hydrogen) atoms. The molecule has 0 aromatic heterocycles. The second kappa shape index (κ2) is 6.87. The molecule has 2 N–H and O–H groups in total. The first kappa shape index (κ1) is 14.3. The Kier molecular flexibility index (Phi) is 5.78. The van der Waals surface area contributed by atoms with Gasteiger partial charge in [-0.15, -0.1) is 0 Å². The summed E-state index contributed by atoms with van der Waals surface area (Å²) in [6.07, 6.45) is 2.96. The second-order valence-corrected chi connectivity index (χ2v) is 4.98. The fourth-order valence-corrected chi connectivity index (χ4v) is 2.06. The van der Waals surface area contributed by atoms with E-state index in [9.17, 15) is 9.18 Å². The van der Waals surface area contributed by atoms with Crippen molar-refractivity contribution in [3.8, 4) is 0 Å². The zero-order chi connectivity index (χ0) is 12.8. The van der Waals surface area contributed by atoms with Crippen molar-refractivity contribution in [3.05, 3.63) is 34.1 Å². The molecule has 0 amide bonds. The monoisotopic (exact) mass is 301 g/mol. The molecular formula is C13H17BrFNO. The van der Waals surface area contributed by atoms with Crippen molar-refractivity contribution in [2.24, 2.45) is 5.73 Å². The lowest BCUT2D eigenvalue weighted by atomic mass is 10.0. The summed E-state index contributed by atoms with van der Waals surface area (Å²) in [5.41, 5.74) is 6.57. The molecule has 0 aliphatic rings. The third kappa shape index (κ3) is 4.56. The first-order valence-electron chi connectivity index (χ1n) is 5.76. The maximum Gasteiger partial charge on any atom is 0.153 e. The van der Waals surface area contributed by atoms with Crippen molar-refractivity contribution in [1.82, 2.24) is 0 Å². The van der Waals surface area contributed by atoms with Crippen molar-refractivity contribution < 1.29 is 9.18 Å². The van der Waals surface area contributed by atoms with Gasteiger partial charge in [0.15, 0.2) is 5.78 Å². The molecule has 1 rings (SSSR count). The summed E-state index contributed by atoms with van der Waals surface area (Å²) in [6, 6.07) is 3.92. The average molecular weight is 302 g/mol. The van der Waals surface area contributed by atoms with Gasteiger partial charge < -0.3 is 5.73 Å². The van der Waals surface area contributed by atoms with Crippen LogP contribution in [0.25, 0.3) is 0 Å². The fraction of sp³-hybridized carbons (Fsp3) is 0.462. The van der Waals surface area contributed by atoms with Gasteiger partial charge in [-0.25, -0.2) is 4.39 Å². The van der Waals surface area contributed by atoms with E-state index in [1.165, 1.54) is 12.1 Å². The highest BCUT2D eigenvalue weighted by Gasteiger charge is 2.14. The summed E-state index contributed by atoms with van der Waals surface area (Å²) < 4.78 is 13.5. The van der Waals surface area contributed by atoms with E-state index >= 15 is 0 Å². The van der Waals surface area contributed by atoms with Gasteiger partial charge in [0.1, 0.15) is 5.82 Å². The van der Waals surface area contributed by atoms with Crippen molar-refractivity contribution in [2.75, 3.05) is 0 Å². The minimum absolute atomic E-state index is 0.00533. The maximum absolute atomic E-state index is 12.9. The van der Waals surface area contributed by atoms with Crippen molar-refractivity contribution in [3.63, 3.8) is 0 Å². The first-order valence-corrected chi connectivity index (χ1v) is 6.56. The van der Waals surface area contributed by atoms with Gasteiger partial charge >= 0.3 is 0 Å². The molecule has 0 aliphatic carbocycles. The fourth-order valence-electron chi connectivity index (χ4n) is 1.57. The SMILES string of the molecule is CCCCC(N)C(=O)Cc1ccc(F)cc1Br. The van der Waals surface area contributed by atoms with E-state index in [1.807, 2.05) is 0 Å². The molecule has 1 aromatic carbocycles. The van der Waals surface area contributed by atoms with Crippen LogP contribution in [0.2, 0.25) is 0 Å². The lowest BCUT2D eigenvalue weighted by molar-refractivity contribution is -0.119. The van der Waals surface area contributed by atoms with Crippen LogP contribution < -0.4 is 5.73 Å². The first-order chi connectivity index (χ1) is 8.04. The van der Waals surface area contributed by atoms with Crippen LogP contribution in [0.15, 0.2) is 22.7 Å². The van der Waals surface area contributed by atoms with E-state index in [0.29, 0.717) is 10.9 Å². The number of hydrogen-bond donors (Lipinski definition) is 1. The van der Waals surface area contributed by atoms with Crippen LogP contribution in [0.4, 0.5) is 4.39 Å². The molecule has 4 heteroatoms. The highest BCUT2D eigenvalue weighted by molar-refractivity contribution is 9.10. The molecular weight excluding hydrogens is 285 g/mol. The average Bonchev–Trinajstić information content (AvgIpc) is 2.29. The summed E-state index contributed by atoms with van der Waals surface area (Å²) in [5, 5.41) is 0. The molecule has 0 spiro atoms. The number of carbonyl (C=O) groups excluding carboxylic acids is 1. The smallest absolute Gasteiger partial charge is 0.153 e. The molecule has 0 saturated heterocycles. The van der Waals surface area contributed by atoms with Gasteiger partial charge in [-0.1, -0.05) is 41.8 Å². The van der Waals surface area contributed by atoms with Crippen LogP contribution in [0.3, 0.4) is 0 Å². The predicted molar refractivity (Wildman–Crippen MR) is 70.3 cm³/mol. The zero-order valence-electron chi connectivity index (χ0n) is 9.88. The van der Waals surface area contributed by atoms with Crippen molar-refractivity contribution in [1.29, 1.82) is 0 Å². The van der Waals surface area contributed by atoms with Crippen LogP contribution in [0.1, 0.15) is 31.7 Å². The highest BCUT2D eigenvalue weighted by Crippen LogP contribution is 2.19. The molecule has 94 valence electrons. The van der Waals surface area contributed by atoms with E-state index in [-0.39, 0.29) is 18.0 Å². The summed E-state index contributed by atoms with van der Waals surface area (Å²) in [4.78, 5) is 11.8. The van der Waals surface area contributed by atoms with Gasteiger partial charge in [-0.2, -0.15) is 0 Å². The van der Waals surface area contributed by atoms with Gasteiger partial charge in [0, 0.05) is 10.9 Å². The van der Waals surface area contributed by atoms with E-state index in [0.717, 1.165) is 18.4 Å². The number of Topliss-reactive ketones (excluding diaryl/α,β-unsaturated/α-hetero) is 1. The number of benzene rings is 1. The summed E-state index contributed by atoms with van der Waals surface area (Å²) in [5.74, 6) is -0.311. The Hall–Kier alpha value is -0.740. The topological polar surface area (TPSA) is 43.1 Å². The van der Waals surface area contributed by atoms with Gasteiger partial charge in [-0.05, 0) is 24.1 Å². The highest BCUT2D eigenvalue weighted by atomic mass is 79.9. The predicted octanol–water partition coefficient (Wildman–Crippen LogP) is 3.22. The van der Waals surface area contributed by atoms with Crippen LogP contribution in [0.5, 0.6) is 0 Å². The quantitative estimate of drug-likeness (QED) is 0.877. The Morgan fingerprint density at radius 2 is 2.24 bits per heavy atom. The minimum atomic E-state index is -0.410. The third-order valence-corrected chi connectivity index (χ3v) is 3.40. The molecule has 1 unspecified atom stereocenters. The normalized spacial score (nSPS) is 12.5. The third-order valence-electron chi connectivity index (χ3n) is 2.66. The lowest BCUT2D eigenvalue weighted by Gasteiger charge is -2.10. The number of unbranched alkanes of at least 4 members (excludes halogenated alkanes) is 1. The van der Waals surface area contributed by atoms with Gasteiger partial charge in [0.05, 0.1) is 6.04 Å². The van der Waals surface area contributed by atoms with E-state index in [1.54, 1.807) is 6.07 Å². The van der Waals surface area contributed by atoms with E-state index in [2.05, 4.69) is 22.9 Å². The lowest BCUT2D eigenvalue weighted by Crippen LogP contribution is -2.31. The molecule has 0 heterocycles. The largest absolute Gasteiger partial charge is 0.321 e. The van der Waals surface area contributed by atoms with Gasteiger partial charge in [0.25, 0.3) is 0 Å². The van der Waals surface area contributed by atoms with Crippen LogP contribution in [0, 0.1) is 5.82 Å². The minimum Gasteiger partial charge on any atom is -0.321 e. The van der Waals surface area contributed by atoms with Crippen molar-refractivity contribution in [2.45, 2.75) is 38.6 Å². The molecule has 0 fully saturated rings. The Labute approximate surface area is 110 Å². The number of carbonyl (C=O) groups is 1. The molecule has 2 nitrogen and oxygen atoms in total. The maximum atomic E-state index is 12.9. The Balaban J connectivity index is 2.61. The van der Waals surface area contributed by atoms with Gasteiger partial charge in [-0.3, -0.25) is 4.79 Å². The van der Waals surface area contributed by atoms with Crippen LogP contribution in [-0.2, 0) is 11.2 Å². The molecule has 0 aliphatic heterocycles. The summed E-state index contributed by atoms with van der Waals surface area (Å²) in [7, 11) is 0. The molecule has 1 atom stereocenters. The Morgan fingerprint density at radius 3 is 2.82 bits per heavy atom. The molecule has 1 aromatic rings. The van der Waals surface area contributed by atoms with Crippen LogP contribution >= 0.6 is 15.9 Å². The van der Waals surface area contributed by atoms with E-state index < -0.39 is 6.04 Å². The van der Waals surface area contributed by atoms with E-state index in [4.69, 9.17) is 5.73 Å². The summed E-state index contributed by atoms with van der Waals surface area (Å²) in [6.45, 7) is 2.06. The van der Waals surface area contributed by atoms with Gasteiger partial charge in [0.2, 0.25) is 0 Å². The molecule has 0 radical (unpaired) electrons. The zero-order valence-corrected chi connectivity index (χ0v) is 11.5. The number of hydrogen-bond acceptors (Lipinski definition) is 2. The Morgan fingerprint density at radius 1 is 1.53 bits per heavy atom. The van der Waals surface area contributed by atoms with Crippen molar-refractivity contribution >= 4 is 21.7 Å².